The van der Waals surface area contributed by atoms with E-state index >= 15 is 0 Å². The lowest BCUT2D eigenvalue weighted by Gasteiger charge is -2.14. The number of aliphatic hydroxyl groups excluding tert-OH is 1. The highest BCUT2D eigenvalue weighted by Crippen LogP contribution is 2.24. The molecule has 0 amide bonds. The van der Waals surface area contributed by atoms with Crippen LogP contribution in [-0.2, 0) is 0 Å². The molecule has 3 N–H and O–H groups in total. The topological polar surface area (TPSA) is 55.5 Å². The molecule has 0 saturated carbocycles. The molecular weight excluding hydrogens is 202 g/mol. The van der Waals surface area contributed by atoms with Gasteiger partial charge in [-0.3, -0.25) is 0 Å². The van der Waals surface area contributed by atoms with Gasteiger partial charge in [-0.2, -0.15) is 0 Å². The first-order chi connectivity index (χ1) is 7.54. The Bertz CT molecular complexity index is 327. The van der Waals surface area contributed by atoms with E-state index in [2.05, 4.69) is 19.1 Å². The van der Waals surface area contributed by atoms with Crippen LogP contribution in [0.3, 0.4) is 0 Å². The molecule has 0 heterocycles. The quantitative estimate of drug-likeness (QED) is 0.799. The zero-order chi connectivity index (χ0) is 12.1. The molecule has 3 nitrogen and oxygen atoms in total. The molecule has 1 unspecified atom stereocenters. The first kappa shape index (κ1) is 13.0. The number of hydrogen-bond acceptors (Lipinski definition) is 3. The zero-order valence-electron chi connectivity index (χ0n) is 10.3. The maximum atomic E-state index is 8.80. The van der Waals surface area contributed by atoms with Gasteiger partial charge in [0.1, 0.15) is 5.75 Å². The molecular formula is C13H21NO2. The second-order valence-electron chi connectivity index (χ2n) is 4.31. The molecule has 0 aromatic heterocycles. The van der Waals surface area contributed by atoms with Gasteiger partial charge in [0, 0.05) is 6.04 Å². The van der Waals surface area contributed by atoms with Crippen molar-refractivity contribution in [3.8, 4) is 5.75 Å². The van der Waals surface area contributed by atoms with Crippen molar-refractivity contribution in [2.75, 3.05) is 13.2 Å². The summed E-state index contributed by atoms with van der Waals surface area (Å²) in [6, 6.07) is 4.02. The minimum absolute atomic E-state index is 0.00915. The van der Waals surface area contributed by atoms with Crippen LogP contribution < -0.4 is 10.5 Å². The van der Waals surface area contributed by atoms with Gasteiger partial charge in [0.15, 0.2) is 0 Å². The Balaban J connectivity index is 2.60. The summed E-state index contributed by atoms with van der Waals surface area (Å²) in [5, 5.41) is 8.80. The Morgan fingerprint density at radius 2 is 1.81 bits per heavy atom. The molecule has 0 aliphatic heterocycles. The van der Waals surface area contributed by atoms with Crippen molar-refractivity contribution < 1.29 is 9.84 Å². The summed E-state index contributed by atoms with van der Waals surface area (Å²) >= 11 is 0. The largest absolute Gasteiger partial charge is 0.493 e. The van der Waals surface area contributed by atoms with Gasteiger partial charge in [-0.15, -0.1) is 0 Å². The Morgan fingerprint density at radius 1 is 1.25 bits per heavy atom. The molecule has 1 aromatic carbocycles. The highest BCUT2D eigenvalue weighted by atomic mass is 16.5. The fourth-order valence-electron chi connectivity index (χ4n) is 1.80. The second-order valence-corrected chi connectivity index (χ2v) is 4.31. The molecule has 0 radical (unpaired) electrons. The molecule has 3 heteroatoms. The fraction of sp³-hybridized carbons (Fsp3) is 0.538. The van der Waals surface area contributed by atoms with Crippen LogP contribution in [-0.4, -0.2) is 24.4 Å². The normalized spacial score (nSPS) is 12.6. The van der Waals surface area contributed by atoms with Gasteiger partial charge in [-0.05, 0) is 38.3 Å². The number of hydrogen-bond donors (Lipinski definition) is 2. The van der Waals surface area contributed by atoms with Crippen molar-refractivity contribution in [3.63, 3.8) is 0 Å². The van der Waals surface area contributed by atoms with Gasteiger partial charge in [0.05, 0.1) is 13.2 Å². The molecule has 0 bridgehead atoms. The lowest BCUT2D eigenvalue weighted by Crippen LogP contribution is -2.26. The molecule has 1 atom stereocenters. The van der Waals surface area contributed by atoms with Crippen LogP contribution in [0.4, 0.5) is 0 Å². The van der Waals surface area contributed by atoms with Crippen LogP contribution in [0, 0.1) is 20.8 Å². The van der Waals surface area contributed by atoms with Gasteiger partial charge in [-0.25, -0.2) is 0 Å². The van der Waals surface area contributed by atoms with Crippen molar-refractivity contribution in [1.29, 1.82) is 0 Å². The van der Waals surface area contributed by atoms with E-state index in [0.717, 1.165) is 16.9 Å². The van der Waals surface area contributed by atoms with Crippen LogP contribution in [0.25, 0.3) is 0 Å². The monoisotopic (exact) mass is 223 g/mol. The van der Waals surface area contributed by atoms with Crippen LogP contribution in [0.5, 0.6) is 5.75 Å². The lowest BCUT2D eigenvalue weighted by molar-refractivity contribution is 0.229. The summed E-state index contributed by atoms with van der Waals surface area (Å²) in [5.41, 5.74) is 9.15. The average Bonchev–Trinajstić information content (AvgIpc) is 2.21. The average molecular weight is 223 g/mol. The number of rotatable bonds is 5. The Hall–Kier alpha value is -1.06. The van der Waals surface area contributed by atoms with Gasteiger partial charge >= 0.3 is 0 Å². The van der Waals surface area contributed by atoms with Crippen LogP contribution in [0.1, 0.15) is 23.1 Å². The summed E-state index contributed by atoms with van der Waals surface area (Å²) < 4.78 is 5.70. The van der Waals surface area contributed by atoms with E-state index in [1.54, 1.807) is 0 Å². The Morgan fingerprint density at radius 3 is 2.31 bits per heavy atom. The first-order valence-electron chi connectivity index (χ1n) is 5.61. The summed E-state index contributed by atoms with van der Waals surface area (Å²) in [4.78, 5) is 0. The predicted molar refractivity (Wildman–Crippen MR) is 65.8 cm³/mol. The van der Waals surface area contributed by atoms with E-state index < -0.39 is 0 Å². The van der Waals surface area contributed by atoms with Crippen molar-refractivity contribution in [3.05, 3.63) is 28.8 Å². The number of nitrogens with two attached hydrogens (primary N) is 1. The summed E-state index contributed by atoms with van der Waals surface area (Å²) in [6.07, 6.45) is 0.670. The van der Waals surface area contributed by atoms with Gasteiger partial charge < -0.3 is 15.6 Å². The molecule has 16 heavy (non-hydrogen) atoms. The SMILES string of the molecule is Cc1cc(C)c(OCCC(N)CO)c(C)c1. The van der Waals surface area contributed by atoms with Crippen molar-refractivity contribution in [1.82, 2.24) is 0 Å². The van der Waals surface area contributed by atoms with E-state index in [9.17, 15) is 0 Å². The van der Waals surface area contributed by atoms with Crippen molar-refractivity contribution in [2.45, 2.75) is 33.2 Å². The lowest BCUT2D eigenvalue weighted by atomic mass is 10.1. The fourth-order valence-corrected chi connectivity index (χ4v) is 1.80. The maximum absolute atomic E-state index is 8.80. The second kappa shape index (κ2) is 5.87. The minimum Gasteiger partial charge on any atom is -0.493 e. The molecule has 1 rings (SSSR count). The third-order valence-corrected chi connectivity index (χ3v) is 2.57. The minimum atomic E-state index is -0.189. The van der Waals surface area contributed by atoms with Gasteiger partial charge in [0.2, 0.25) is 0 Å². The molecule has 0 fully saturated rings. The van der Waals surface area contributed by atoms with E-state index in [0.29, 0.717) is 13.0 Å². The third kappa shape index (κ3) is 3.51. The van der Waals surface area contributed by atoms with Crippen LogP contribution in [0.2, 0.25) is 0 Å². The number of aliphatic hydroxyl groups is 1. The zero-order valence-corrected chi connectivity index (χ0v) is 10.3. The smallest absolute Gasteiger partial charge is 0.125 e. The number of benzene rings is 1. The molecule has 0 saturated heterocycles. The maximum Gasteiger partial charge on any atom is 0.125 e. The molecule has 0 aliphatic carbocycles. The predicted octanol–water partition coefficient (Wildman–Crippen LogP) is 1.70. The molecule has 0 aliphatic rings. The molecule has 0 spiro atoms. The van der Waals surface area contributed by atoms with E-state index in [4.69, 9.17) is 15.6 Å². The first-order valence-corrected chi connectivity index (χ1v) is 5.61. The Labute approximate surface area is 97.2 Å². The van der Waals surface area contributed by atoms with E-state index in [1.165, 1.54) is 5.56 Å². The van der Waals surface area contributed by atoms with Crippen LogP contribution in [0.15, 0.2) is 12.1 Å². The summed E-state index contributed by atoms with van der Waals surface area (Å²) in [5.74, 6) is 0.940. The summed E-state index contributed by atoms with van der Waals surface area (Å²) in [6.45, 7) is 6.72. The summed E-state index contributed by atoms with van der Waals surface area (Å²) in [7, 11) is 0. The highest BCUT2D eigenvalue weighted by molar-refractivity contribution is 5.42. The van der Waals surface area contributed by atoms with E-state index in [1.807, 2.05) is 13.8 Å². The Kier molecular flexibility index (Phi) is 4.77. The van der Waals surface area contributed by atoms with Crippen molar-refractivity contribution >= 4 is 0 Å². The molecule has 1 aromatic rings. The van der Waals surface area contributed by atoms with Gasteiger partial charge in [0.25, 0.3) is 0 Å². The van der Waals surface area contributed by atoms with Crippen molar-refractivity contribution in [2.24, 2.45) is 5.73 Å². The number of aryl methyl sites for hydroxylation is 3. The highest BCUT2D eigenvalue weighted by Gasteiger charge is 2.06. The van der Waals surface area contributed by atoms with Gasteiger partial charge in [-0.1, -0.05) is 17.7 Å². The van der Waals surface area contributed by atoms with Crippen LogP contribution >= 0.6 is 0 Å². The third-order valence-electron chi connectivity index (χ3n) is 2.57. The standard InChI is InChI=1S/C13H21NO2/c1-9-6-10(2)13(11(3)7-9)16-5-4-12(14)8-15/h6-7,12,15H,4-5,8,14H2,1-3H3. The molecule has 90 valence electrons. The number of ether oxygens (including phenoxy) is 1. The van der Waals surface area contributed by atoms with E-state index in [-0.39, 0.29) is 12.6 Å².